The third kappa shape index (κ3) is 6.09. The van der Waals surface area contributed by atoms with Crippen LogP contribution in [0.2, 0.25) is 0 Å². The molecule has 0 saturated carbocycles. The van der Waals surface area contributed by atoms with E-state index in [4.69, 9.17) is 4.42 Å². The van der Waals surface area contributed by atoms with Gasteiger partial charge >= 0.3 is 0 Å². The SMILES string of the molecule is CC1(C)c2ccccc2C2(c3ccccc3-c3cc(N(c4ccccc4-c4ccccc4-c4ccccc4-c4ccccc4)c4ccccc4-c4cccc5c4oc4ccccc45)ccc32)c2ccccc21. The summed E-state index contributed by atoms with van der Waals surface area (Å²) in [6.45, 7) is 4.78. The molecule has 2 aliphatic carbocycles. The number of anilines is 3. The van der Waals surface area contributed by atoms with Crippen LogP contribution in [-0.4, -0.2) is 0 Å². The monoisotopic (exact) mass is 919 g/mol. The van der Waals surface area contributed by atoms with E-state index in [1.165, 1.54) is 66.8 Å². The summed E-state index contributed by atoms with van der Waals surface area (Å²) < 4.78 is 6.81. The molecule has 0 atom stereocenters. The number of para-hydroxylation sites is 4. The van der Waals surface area contributed by atoms with Gasteiger partial charge in [0.2, 0.25) is 0 Å². The van der Waals surface area contributed by atoms with Gasteiger partial charge in [-0.25, -0.2) is 0 Å². The van der Waals surface area contributed by atoms with Gasteiger partial charge in [0.15, 0.2) is 0 Å². The molecule has 2 aliphatic rings. The van der Waals surface area contributed by atoms with E-state index in [1.54, 1.807) is 0 Å². The summed E-state index contributed by atoms with van der Waals surface area (Å²) in [7, 11) is 0. The van der Waals surface area contributed by atoms with Crippen molar-refractivity contribution in [3.8, 4) is 55.6 Å². The average Bonchev–Trinajstić information content (AvgIpc) is 3.97. The molecule has 12 aromatic rings. The summed E-state index contributed by atoms with van der Waals surface area (Å²) in [4.78, 5) is 2.51. The normalized spacial score (nSPS) is 13.6. The highest BCUT2D eigenvalue weighted by atomic mass is 16.3. The maximum atomic E-state index is 6.81. The average molecular weight is 920 g/mol. The first-order valence-corrected chi connectivity index (χ1v) is 25.1. The van der Waals surface area contributed by atoms with Gasteiger partial charge in [0, 0.05) is 38.6 Å². The number of benzene rings is 11. The molecule has 0 unspecified atom stereocenters. The number of hydrogen-bond donors (Lipinski definition) is 0. The first-order chi connectivity index (χ1) is 35.5. The number of hydrogen-bond acceptors (Lipinski definition) is 2. The predicted molar refractivity (Wildman–Crippen MR) is 300 cm³/mol. The van der Waals surface area contributed by atoms with Gasteiger partial charge in [0.25, 0.3) is 0 Å². The maximum Gasteiger partial charge on any atom is 0.143 e. The summed E-state index contributed by atoms with van der Waals surface area (Å²) in [5.41, 5.74) is 24.0. The summed E-state index contributed by atoms with van der Waals surface area (Å²) in [6, 6.07) is 96.0. The van der Waals surface area contributed by atoms with E-state index in [2.05, 4.69) is 280 Å². The largest absolute Gasteiger partial charge is 0.455 e. The fraction of sp³-hybridized carbons (Fsp3) is 0.0571. The minimum absolute atomic E-state index is 0.180. The zero-order valence-corrected chi connectivity index (χ0v) is 40.2. The smallest absolute Gasteiger partial charge is 0.143 e. The molecule has 0 radical (unpaired) electrons. The van der Waals surface area contributed by atoms with Crippen LogP contribution in [0.25, 0.3) is 77.6 Å². The molecule has 2 heteroatoms. The molecular weight excluding hydrogens is 871 g/mol. The quantitative estimate of drug-likeness (QED) is 0.158. The highest BCUT2D eigenvalue weighted by Gasteiger charge is 2.53. The first-order valence-electron chi connectivity index (χ1n) is 25.1. The van der Waals surface area contributed by atoms with Crippen molar-refractivity contribution in [2.45, 2.75) is 24.7 Å². The van der Waals surface area contributed by atoms with Gasteiger partial charge in [0.1, 0.15) is 11.2 Å². The second kappa shape index (κ2) is 16.3. The lowest BCUT2D eigenvalue weighted by atomic mass is 9.55. The topological polar surface area (TPSA) is 16.4 Å². The van der Waals surface area contributed by atoms with Crippen molar-refractivity contribution in [3.05, 3.63) is 294 Å². The molecular formula is C70H49NO. The Balaban J connectivity index is 1.04. The van der Waals surface area contributed by atoms with Crippen molar-refractivity contribution in [3.63, 3.8) is 0 Å². The summed E-state index contributed by atoms with van der Waals surface area (Å²) >= 11 is 0. The van der Waals surface area contributed by atoms with E-state index in [0.717, 1.165) is 61.3 Å². The molecule has 14 rings (SSSR count). The third-order valence-electron chi connectivity index (χ3n) is 15.8. The first kappa shape index (κ1) is 41.9. The second-order valence-corrected chi connectivity index (χ2v) is 19.8. The molecule has 11 aromatic carbocycles. The van der Waals surface area contributed by atoms with Crippen LogP contribution in [0, 0.1) is 0 Å². The zero-order valence-electron chi connectivity index (χ0n) is 40.2. The highest BCUT2D eigenvalue weighted by molar-refractivity contribution is 6.11. The van der Waals surface area contributed by atoms with E-state index < -0.39 is 5.41 Å². The van der Waals surface area contributed by atoms with Crippen LogP contribution >= 0.6 is 0 Å². The summed E-state index contributed by atoms with van der Waals surface area (Å²) in [6.07, 6.45) is 0. The molecule has 72 heavy (non-hydrogen) atoms. The van der Waals surface area contributed by atoms with Crippen molar-refractivity contribution in [2.24, 2.45) is 0 Å². The van der Waals surface area contributed by atoms with Crippen molar-refractivity contribution in [1.29, 1.82) is 0 Å². The van der Waals surface area contributed by atoms with Crippen LogP contribution in [-0.2, 0) is 10.8 Å². The summed E-state index contributed by atoms with van der Waals surface area (Å²) in [5, 5.41) is 2.22. The molecule has 1 aromatic heterocycles. The second-order valence-electron chi connectivity index (χ2n) is 19.8. The van der Waals surface area contributed by atoms with Gasteiger partial charge in [-0.05, 0) is 103 Å². The van der Waals surface area contributed by atoms with Crippen LogP contribution in [0.5, 0.6) is 0 Å². The Labute approximate surface area is 420 Å². The van der Waals surface area contributed by atoms with Crippen LogP contribution in [0.1, 0.15) is 47.2 Å². The number of rotatable bonds is 7. The van der Waals surface area contributed by atoms with E-state index in [9.17, 15) is 0 Å². The fourth-order valence-electron chi connectivity index (χ4n) is 12.7. The molecule has 0 aliphatic heterocycles. The molecule has 340 valence electrons. The van der Waals surface area contributed by atoms with Gasteiger partial charge in [0.05, 0.1) is 16.8 Å². The Morgan fingerprint density at radius 2 is 0.750 bits per heavy atom. The number of furan rings is 1. The Kier molecular flexibility index (Phi) is 9.50. The predicted octanol–water partition coefficient (Wildman–Crippen LogP) is 18.7. The minimum atomic E-state index is -0.504. The van der Waals surface area contributed by atoms with E-state index in [0.29, 0.717) is 0 Å². The van der Waals surface area contributed by atoms with Crippen LogP contribution in [0.4, 0.5) is 17.1 Å². The fourth-order valence-corrected chi connectivity index (χ4v) is 12.7. The van der Waals surface area contributed by atoms with Gasteiger partial charge in [-0.1, -0.05) is 244 Å². The van der Waals surface area contributed by atoms with Crippen molar-refractivity contribution >= 4 is 39.0 Å². The van der Waals surface area contributed by atoms with Crippen molar-refractivity contribution in [2.75, 3.05) is 4.90 Å². The van der Waals surface area contributed by atoms with E-state index in [-0.39, 0.29) is 5.41 Å². The lowest BCUT2D eigenvalue weighted by molar-refractivity contribution is 0.563. The lowest BCUT2D eigenvalue weighted by Gasteiger charge is -2.46. The van der Waals surface area contributed by atoms with Crippen LogP contribution in [0.3, 0.4) is 0 Å². The van der Waals surface area contributed by atoms with Crippen LogP contribution in [0.15, 0.2) is 265 Å². The standard InChI is InChI=1S/C70H49NO/c1-69(2)61-36-15-17-38-63(61)70(64-39-18-16-37-62(64)69)59-35-14-10-29-52(59)58-45-47(43-44-60(58)70)71(66-41-20-12-31-54(66)56-33-22-34-57-55-32-13-21-42-67(55)72-68(56)57)65-40-19-11-30-53(65)51-28-9-8-27-50(51)49-26-7-6-25-48(49)46-23-4-3-5-24-46/h3-45H,1-2H3. The Hall–Kier alpha value is -8.98. The van der Waals surface area contributed by atoms with E-state index >= 15 is 0 Å². The van der Waals surface area contributed by atoms with E-state index in [1.807, 2.05) is 0 Å². The summed E-state index contributed by atoms with van der Waals surface area (Å²) in [5.74, 6) is 0. The van der Waals surface area contributed by atoms with Gasteiger partial charge < -0.3 is 9.32 Å². The molecule has 2 nitrogen and oxygen atoms in total. The van der Waals surface area contributed by atoms with Gasteiger partial charge in [-0.3, -0.25) is 0 Å². The Bertz CT molecular complexity index is 4050. The zero-order chi connectivity index (χ0) is 48.0. The highest BCUT2D eigenvalue weighted by Crippen LogP contribution is 2.63. The van der Waals surface area contributed by atoms with Crippen molar-refractivity contribution in [1.82, 2.24) is 0 Å². The Morgan fingerprint density at radius 1 is 0.306 bits per heavy atom. The minimum Gasteiger partial charge on any atom is -0.455 e. The number of nitrogens with zero attached hydrogens (tertiary/aromatic N) is 1. The number of fused-ring (bicyclic) bond motifs is 12. The molecule has 0 fully saturated rings. The Morgan fingerprint density at radius 3 is 1.42 bits per heavy atom. The molecule has 0 bridgehead atoms. The van der Waals surface area contributed by atoms with Crippen LogP contribution < -0.4 is 4.90 Å². The molecule has 1 spiro atoms. The van der Waals surface area contributed by atoms with Crippen molar-refractivity contribution < 1.29 is 4.42 Å². The molecule has 0 amide bonds. The third-order valence-corrected chi connectivity index (χ3v) is 15.8. The lowest BCUT2D eigenvalue weighted by Crippen LogP contribution is -2.40. The maximum absolute atomic E-state index is 6.81. The molecule has 1 heterocycles. The molecule has 0 saturated heterocycles. The van der Waals surface area contributed by atoms with Gasteiger partial charge in [-0.15, -0.1) is 0 Å². The molecule has 0 N–H and O–H groups in total. The van der Waals surface area contributed by atoms with Gasteiger partial charge in [-0.2, -0.15) is 0 Å².